The molecule has 0 saturated carbocycles. The maximum Gasteiger partial charge on any atom is 0.290 e. The first kappa shape index (κ1) is 20.2. The number of hydrogen-bond donors (Lipinski definition) is 2. The number of nitrogens with two attached hydrogens (primary N) is 2. The van der Waals surface area contributed by atoms with E-state index in [1.54, 1.807) is 6.08 Å². The summed E-state index contributed by atoms with van der Waals surface area (Å²) in [6, 6.07) is 1.24. The van der Waals surface area contributed by atoms with Gasteiger partial charge in [-0.15, -0.1) is 0 Å². The molecular formula is C18H23F2N5O3. The molecule has 4 N–H and O–H groups in total. The molecule has 0 aromatic heterocycles. The summed E-state index contributed by atoms with van der Waals surface area (Å²) in [5.74, 6) is -2.15. The maximum atomic E-state index is 13.9. The SMILES string of the molecule is COc1c(F)cc(CN2CCC(C3(N)C=CN=C(N)C3[N+](=O)[O-])CC2)cc1F. The molecule has 0 spiro atoms. The van der Waals surface area contributed by atoms with Crippen molar-refractivity contribution in [2.75, 3.05) is 20.2 Å². The molecule has 1 saturated heterocycles. The summed E-state index contributed by atoms with van der Waals surface area (Å²) in [6.45, 7) is 1.54. The first-order valence-corrected chi connectivity index (χ1v) is 8.93. The van der Waals surface area contributed by atoms with Gasteiger partial charge in [-0.2, -0.15) is 0 Å². The van der Waals surface area contributed by atoms with Crippen LogP contribution in [0.1, 0.15) is 18.4 Å². The number of nitrogens with zero attached hydrogens (tertiary/aromatic N) is 3. The number of benzene rings is 1. The summed E-state index contributed by atoms with van der Waals surface area (Å²) in [7, 11) is 1.21. The van der Waals surface area contributed by atoms with E-state index in [0.29, 0.717) is 38.0 Å². The number of piperidine rings is 1. The third-order valence-electron chi connectivity index (χ3n) is 5.51. The molecule has 2 aliphatic rings. The molecule has 152 valence electrons. The lowest BCUT2D eigenvalue weighted by molar-refractivity contribution is -0.513. The van der Waals surface area contributed by atoms with Crippen molar-refractivity contribution < 1.29 is 18.4 Å². The Labute approximate surface area is 161 Å². The first-order valence-electron chi connectivity index (χ1n) is 8.93. The molecule has 3 rings (SSSR count). The van der Waals surface area contributed by atoms with Crippen LogP contribution in [0.2, 0.25) is 0 Å². The van der Waals surface area contributed by atoms with Crippen LogP contribution in [-0.2, 0) is 6.54 Å². The molecule has 0 bridgehead atoms. The Morgan fingerprint density at radius 3 is 2.50 bits per heavy atom. The minimum atomic E-state index is -1.26. The molecule has 2 atom stereocenters. The molecule has 0 aliphatic carbocycles. The zero-order valence-electron chi connectivity index (χ0n) is 15.5. The van der Waals surface area contributed by atoms with E-state index >= 15 is 0 Å². The van der Waals surface area contributed by atoms with Gasteiger partial charge in [0.1, 0.15) is 5.54 Å². The van der Waals surface area contributed by atoms with Gasteiger partial charge >= 0.3 is 0 Å². The summed E-state index contributed by atoms with van der Waals surface area (Å²) >= 11 is 0. The first-order chi connectivity index (χ1) is 13.3. The predicted molar refractivity (Wildman–Crippen MR) is 99.4 cm³/mol. The molecule has 8 nitrogen and oxygen atoms in total. The van der Waals surface area contributed by atoms with Crippen LogP contribution in [0.3, 0.4) is 0 Å². The zero-order chi connectivity index (χ0) is 20.5. The van der Waals surface area contributed by atoms with Crippen molar-refractivity contribution in [1.82, 2.24) is 4.90 Å². The van der Waals surface area contributed by atoms with Crippen molar-refractivity contribution in [3.8, 4) is 5.75 Å². The number of ether oxygens (including phenoxy) is 1. The van der Waals surface area contributed by atoms with Crippen LogP contribution in [0.4, 0.5) is 8.78 Å². The average molecular weight is 395 g/mol. The summed E-state index contributed by atoms with van der Waals surface area (Å²) in [4.78, 5) is 16.9. The second-order valence-corrected chi connectivity index (χ2v) is 7.20. The molecule has 1 aromatic rings. The molecule has 0 radical (unpaired) electrons. The smallest absolute Gasteiger partial charge is 0.290 e. The average Bonchev–Trinajstić information content (AvgIpc) is 2.61. The van der Waals surface area contributed by atoms with Gasteiger partial charge in [0.2, 0.25) is 0 Å². The summed E-state index contributed by atoms with van der Waals surface area (Å²) in [6.07, 6.45) is 4.18. The lowest BCUT2D eigenvalue weighted by Crippen LogP contribution is -2.65. The topological polar surface area (TPSA) is 120 Å². The molecule has 2 unspecified atom stereocenters. The summed E-state index contributed by atoms with van der Waals surface area (Å²) in [5.41, 5.74) is 11.4. The molecule has 28 heavy (non-hydrogen) atoms. The van der Waals surface area contributed by atoms with E-state index in [0.717, 1.165) is 0 Å². The van der Waals surface area contributed by atoms with Gasteiger partial charge in [0.05, 0.1) is 7.11 Å². The minimum absolute atomic E-state index is 0.0957. The Bertz CT molecular complexity index is 800. The lowest BCUT2D eigenvalue weighted by Gasteiger charge is -2.42. The highest BCUT2D eigenvalue weighted by atomic mass is 19.1. The summed E-state index contributed by atoms with van der Waals surface area (Å²) in [5, 5.41) is 11.5. The predicted octanol–water partition coefficient (Wildman–Crippen LogP) is 1.41. The number of rotatable bonds is 5. The Balaban J connectivity index is 1.67. The highest BCUT2D eigenvalue weighted by Crippen LogP contribution is 2.34. The molecule has 2 aliphatic heterocycles. The van der Waals surface area contributed by atoms with E-state index in [9.17, 15) is 18.9 Å². The van der Waals surface area contributed by atoms with E-state index < -0.39 is 33.9 Å². The van der Waals surface area contributed by atoms with Crippen LogP contribution in [-0.4, -0.2) is 47.4 Å². The zero-order valence-corrected chi connectivity index (χ0v) is 15.5. The lowest BCUT2D eigenvalue weighted by atomic mass is 9.72. The van der Waals surface area contributed by atoms with Gasteiger partial charge in [0, 0.05) is 17.7 Å². The van der Waals surface area contributed by atoms with Crippen molar-refractivity contribution in [1.29, 1.82) is 0 Å². The summed E-state index contributed by atoms with van der Waals surface area (Å²) < 4.78 is 32.5. The molecule has 0 amide bonds. The van der Waals surface area contributed by atoms with Crippen molar-refractivity contribution in [2.24, 2.45) is 22.4 Å². The van der Waals surface area contributed by atoms with Gasteiger partial charge < -0.3 is 16.2 Å². The van der Waals surface area contributed by atoms with E-state index in [2.05, 4.69) is 4.99 Å². The van der Waals surface area contributed by atoms with Gasteiger partial charge in [-0.3, -0.25) is 15.0 Å². The highest BCUT2D eigenvalue weighted by molar-refractivity contribution is 5.88. The fourth-order valence-corrected chi connectivity index (χ4v) is 4.07. The Kier molecular flexibility index (Phi) is 5.61. The number of likely N-dealkylation sites (tertiary alicyclic amines) is 1. The molecule has 10 heteroatoms. The third kappa shape index (κ3) is 3.69. The van der Waals surface area contributed by atoms with Crippen molar-refractivity contribution in [3.63, 3.8) is 0 Å². The Hall–Kier alpha value is -2.59. The molecule has 1 fully saturated rings. The number of amidine groups is 1. The highest BCUT2D eigenvalue weighted by Gasteiger charge is 2.51. The standard InChI is InChI=1S/C18H23F2N5O3/c1-28-15-13(19)8-11(9-14(15)20)10-24-6-2-12(3-7-24)18(22)4-5-23-17(21)16(18)25(26)27/h4-5,8-9,12,16H,2-3,6-7,10,22H2,1H3,(H2,21,23). The van der Waals surface area contributed by atoms with Crippen LogP contribution in [0.5, 0.6) is 5.75 Å². The van der Waals surface area contributed by atoms with Crippen LogP contribution in [0.25, 0.3) is 0 Å². The van der Waals surface area contributed by atoms with Gasteiger partial charge in [-0.05, 0) is 55.6 Å². The second-order valence-electron chi connectivity index (χ2n) is 7.20. The van der Waals surface area contributed by atoms with E-state index in [4.69, 9.17) is 16.2 Å². The number of methoxy groups -OCH3 is 1. The number of halogens is 2. The van der Waals surface area contributed by atoms with Gasteiger partial charge in [-0.25, -0.2) is 13.8 Å². The number of aliphatic imine (C=N–C) groups is 1. The van der Waals surface area contributed by atoms with Crippen LogP contribution < -0.4 is 16.2 Å². The van der Waals surface area contributed by atoms with Crippen molar-refractivity contribution in [2.45, 2.75) is 31.0 Å². The quantitative estimate of drug-likeness (QED) is 0.575. The van der Waals surface area contributed by atoms with Gasteiger partial charge in [0.25, 0.3) is 6.04 Å². The third-order valence-corrected chi connectivity index (χ3v) is 5.51. The number of hydrogen-bond acceptors (Lipinski definition) is 7. The van der Waals surface area contributed by atoms with E-state index in [1.807, 2.05) is 4.90 Å². The monoisotopic (exact) mass is 395 g/mol. The van der Waals surface area contributed by atoms with Crippen LogP contribution in [0.15, 0.2) is 29.4 Å². The molecule has 1 aromatic carbocycles. The Morgan fingerprint density at radius 1 is 1.36 bits per heavy atom. The normalized spacial score (nSPS) is 26.1. The van der Waals surface area contributed by atoms with E-state index in [1.165, 1.54) is 25.4 Å². The van der Waals surface area contributed by atoms with Crippen molar-refractivity contribution >= 4 is 5.84 Å². The van der Waals surface area contributed by atoms with E-state index in [-0.39, 0.29) is 11.8 Å². The maximum absolute atomic E-state index is 13.9. The Morgan fingerprint density at radius 2 is 1.96 bits per heavy atom. The molecular weight excluding hydrogens is 372 g/mol. The van der Waals surface area contributed by atoms with Crippen molar-refractivity contribution in [3.05, 3.63) is 51.7 Å². The molecule has 2 heterocycles. The van der Waals surface area contributed by atoms with Gasteiger partial charge in [-0.1, -0.05) is 0 Å². The largest absolute Gasteiger partial charge is 0.491 e. The van der Waals surface area contributed by atoms with Crippen LogP contribution in [0, 0.1) is 27.7 Å². The fourth-order valence-electron chi connectivity index (χ4n) is 4.07. The van der Waals surface area contributed by atoms with Crippen LogP contribution >= 0.6 is 0 Å². The van der Waals surface area contributed by atoms with Gasteiger partial charge in [0.15, 0.2) is 23.2 Å². The fraction of sp³-hybridized carbons (Fsp3) is 0.500. The number of nitro groups is 1. The second kappa shape index (κ2) is 7.80. The minimum Gasteiger partial charge on any atom is -0.491 e.